The molecule has 1 aliphatic heterocycles. The molecule has 0 N–H and O–H groups in total. The van der Waals surface area contributed by atoms with E-state index in [4.69, 9.17) is 12.2 Å². The van der Waals surface area contributed by atoms with E-state index >= 15 is 0 Å². The summed E-state index contributed by atoms with van der Waals surface area (Å²) in [6.07, 6.45) is 2.43. The zero-order valence-corrected chi connectivity index (χ0v) is 15.2. The Bertz CT molecular complexity index is 964. The van der Waals surface area contributed by atoms with Crippen LogP contribution in [0, 0.1) is 6.92 Å². The lowest BCUT2D eigenvalue weighted by Gasteiger charge is -2.18. The van der Waals surface area contributed by atoms with Gasteiger partial charge in [-0.15, -0.1) is 0 Å². The summed E-state index contributed by atoms with van der Waals surface area (Å²) >= 11 is 6.46. The Kier molecular flexibility index (Phi) is 5.01. The van der Waals surface area contributed by atoms with Crippen LogP contribution in [-0.2, 0) is 4.79 Å². The van der Waals surface area contributed by atoms with E-state index in [0.717, 1.165) is 29.2 Å². The molecule has 5 nitrogen and oxygen atoms in total. The van der Waals surface area contributed by atoms with Gasteiger partial charge in [-0.05, 0) is 35.8 Å². The average Bonchev–Trinajstić information content (AvgIpc) is 2.89. The van der Waals surface area contributed by atoms with Crippen molar-refractivity contribution in [2.75, 3.05) is 4.90 Å². The van der Waals surface area contributed by atoms with Crippen LogP contribution in [-0.4, -0.2) is 22.5 Å². The monoisotopic (exact) mass is 382 g/mol. The highest BCUT2D eigenvalue weighted by atomic mass is 32.2. The van der Waals surface area contributed by atoms with E-state index in [1.165, 1.54) is 17.0 Å². The number of benzene rings is 2. The number of nitrogens with zero attached hydrogens (tertiary/aromatic N) is 1. The molecule has 0 aliphatic carbocycles. The lowest BCUT2D eigenvalue weighted by atomic mass is 10.1. The molecule has 1 saturated heterocycles. The summed E-state index contributed by atoms with van der Waals surface area (Å²) in [7, 11) is 0. The van der Waals surface area contributed by atoms with Gasteiger partial charge in [0.15, 0.2) is 4.32 Å². The first kappa shape index (κ1) is 18.0. The number of aldehydes is 1. The van der Waals surface area contributed by atoms with E-state index in [0.29, 0.717) is 20.5 Å². The molecule has 1 fully saturated rings. The Labute approximate surface area is 159 Å². The summed E-state index contributed by atoms with van der Waals surface area (Å²) in [5.41, 5.74) is 2.44. The molecule has 0 spiro atoms. The molecule has 0 atom stereocenters. The third kappa shape index (κ3) is 3.44. The Morgan fingerprint density at radius 2 is 1.81 bits per heavy atom. The summed E-state index contributed by atoms with van der Waals surface area (Å²) in [5, 5.41) is 11.1. The molecule has 1 aliphatic rings. The van der Waals surface area contributed by atoms with Crippen molar-refractivity contribution in [3.63, 3.8) is 0 Å². The number of carbonyl (C=O) groups excluding carboxylic acids is 3. The van der Waals surface area contributed by atoms with Crippen LogP contribution in [0.1, 0.15) is 31.8 Å². The van der Waals surface area contributed by atoms with E-state index in [1.807, 2.05) is 0 Å². The van der Waals surface area contributed by atoms with Gasteiger partial charge in [-0.25, -0.2) is 0 Å². The van der Waals surface area contributed by atoms with Gasteiger partial charge >= 0.3 is 0 Å². The number of carboxylic acids is 1. The van der Waals surface area contributed by atoms with Crippen LogP contribution in [0.3, 0.4) is 0 Å². The van der Waals surface area contributed by atoms with Gasteiger partial charge < -0.3 is 9.90 Å². The second-order valence-electron chi connectivity index (χ2n) is 5.59. The molecular weight excluding hydrogens is 370 g/mol. The molecule has 0 radical (unpaired) electrons. The van der Waals surface area contributed by atoms with Crippen molar-refractivity contribution in [2.24, 2.45) is 0 Å². The third-order valence-electron chi connectivity index (χ3n) is 3.85. The maximum atomic E-state index is 12.8. The first-order valence-corrected chi connectivity index (χ1v) is 8.78. The number of hydrogen-bond acceptors (Lipinski definition) is 6. The maximum Gasteiger partial charge on any atom is 0.270 e. The smallest absolute Gasteiger partial charge is 0.270 e. The largest absolute Gasteiger partial charge is 0.545 e. The van der Waals surface area contributed by atoms with Crippen LogP contribution >= 0.6 is 24.0 Å². The van der Waals surface area contributed by atoms with E-state index in [1.54, 1.807) is 43.3 Å². The molecule has 0 saturated carbocycles. The summed E-state index contributed by atoms with van der Waals surface area (Å²) in [6, 6.07) is 11.2. The van der Waals surface area contributed by atoms with Gasteiger partial charge in [0.2, 0.25) is 0 Å². The molecule has 130 valence electrons. The Balaban J connectivity index is 1.96. The number of aromatic carboxylic acids is 1. The number of carboxylic acid groups (broad SMARTS) is 1. The third-order valence-corrected chi connectivity index (χ3v) is 5.15. The Hall–Kier alpha value is -2.77. The molecule has 0 aromatic heterocycles. The number of thiocarbonyl (C=S) groups is 1. The van der Waals surface area contributed by atoms with Crippen molar-refractivity contribution >= 4 is 58.2 Å². The average molecular weight is 382 g/mol. The molecule has 3 rings (SSSR count). The molecule has 1 heterocycles. The first-order chi connectivity index (χ1) is 12.4. The summed E-state index contributed by atoms with van der Waals surface area (Å²) in [5.74, 6) is -1.64. The van der Waals surface area contributed by atoms with Crippen LogP contribution in [0.25, 0.3) is 6.08 Å². The van der Waals surface area contributed by atoms with E-state index in [2.05, 4.69) is 0 Å². The molecule has 1 amide bonds. The lowest BCUT2D eigenvalue weighted by Crippen LogP contribution is -2.29. The highest BCUT2D eigenvalue weighted by Gasteiger charge is 2.34. The van der Waals surface area contributed by atoms with Gasteiger partial charge in [0, 0.05) is 5.56 Å². The molecule has 0 unspecified atom stereocenters. The second kappa shape index (κ2) is 7.23. The number of rotatable bonds is 4. The van der Waals surface area contributed by atoms with Gasteiger partial charge in [-0.1, -0.05) is 60.4 Å². The minimum absolute atomic E-state index is 0.0203. The van der Waals surface area contributed by atoms with E-state index < -0.39 is 5.97 Å². The van der Waals surface area contributed by atoms with Crippen molar-refractivity contribution in [2.45, 2.75) is 6.92 Å². The van der Waals surface area contributed by atoms with Gasteiger partial charge in [-0.3, -0.25) is 14.5 Å². The lowest BCUT2D eigenvalue weighted by molar-refractivity contribution is -0.255. The number of thioether (sulfide) groups is 1. The first-order valence-electron chi connectivity index (χ1n) is 7.56. The predicted octanol–water partition coefficient (Wildman–Crippen LogP) is 2.58. The number of hydrogen-bond donors (Lipinski definition) is 0. The van der Waals surface area contributed by atoms with Crippen molar-refractivity contribution in [3.05, 3.63) is 69.6 Å². The van der Waals surface area contributed by atoms with Gasteiger partial charge in [-0.2, -0.15) is 0 Å². The minimum atomic E-state index is -1.32. The Morgan fingerprint density at radius 1 is 1.15 bits per heavy atom. The predicted molar refractivity (Wildman–Crippen MR) is 103 cm³/mol. The molecule has 2 aromatic rings. The standard InChI is InChI=1S/C19H13NO4S2/c1-11-2-7-14(18(23)24)9-15(11)20-17(22)16(26-19(20)25)8-12-3-5-13(10-21)6-4-12/h2-10H,1H3,(H,23,24)/p-1/b16-8-. The SMILES string of the molecule is Cc1ccc(C(=O)[O-])cc1N1C(=O)/C(=C/c2ccc(C=O)cc2)SC1=S. The summed E-state index contributed by atoms with van der Waals surface area (Å²) in [6.45, 7) is 1.77. The van der Waals surface area contributed by atoms with Crippen LogP contribution in [0.2, 0.25) is 0 Å². The summed E-state index contributed by atoms with van der Waals surface area (Å²) in [4.78, 5) is 36.4. The number of anilines is 1. The van der Waals surface area contributed by atoms with E-state index in [9.17, 15) is 19.5 Å². The molecular formula is C19H12NO4S2-. The quantitative estimate of drug-likeness (QED) is 0.460. The normalized spacial score (nSPS) is 15.6. The zero-order chi connectivity index (χ0) is 18.8. The summed E-state index contributed by atoms with van der Waals surface area (Å²) < 4.78 is 0.323. The van der Waals surface area contributed by atoms with Gasteiger partial charge in [0.05, 0.1) is 16.6 Å². The van der Waals surface area contributed by atoms with Crippen LogP contribution < -0.4 is 10.0 Å². The van der Waals surface area contributed by atoms with Gasteiger partial charge in [0.1, 0.15) is 6.29 Å². The van der Waals surface area contributed by atoms with Gasteiger partial charge in [0.25, 0.3) is 5.91 Å². The fourth-order valence-corrected chi connectivity index (χ4v) is 3.76. The number of carbonyl (C=O) groups is 3. The highest BCUT2D eigenvalue weighted by Crippen LogP contribution is 2.37. The molecule has 26 heavy (non-hydrogen) atoms. The van der Waals surface area contributed by atoms with E-state index in [-0.39, 0.29) is 11.5 Å². The molecule has 7 heteroatoms. The van der Waals surface area contributed by atoms with Crippen LogP contribution in [0.15, 0.2) is 47.4 Å². The Morgan fingerprint density at radius 3 is 2.42 bits per heavy atom. The number of amides is 1. The molecule has 0 bridgehead atoms. The minimum Gasteiger partial charge on any atom is -0.545 e. The van der Waals surface area contributed by atoms with Crippen LogP contribution in [0.5, 0.6) is 0 Å². The van der Waals surface area contributed by atoms with Crippen molar-refractivity contribution < 1.29 is 19.5 Å². The zero-order valence-electron chi connectivity index (χ0n) is 13.6. The van der Waals surface area contributed by atoms with Crippen molar-refractivity contribution in [3.8, 4) is 0 Å². The number of aryl methyl sites for hydroxylation is 1. The maximum absolute atomic E-state index is 12.8. The second-order valence-corrected chi connectivity index (χ2v) is 7.27. The fourth-order valence-electron chi connectivity index (χ4n) is 2.47. The van der Waals surface area contributed by atoms with Crippen LogP contribution in [0.4, 0.5) is 5.69 Å². The molecule has 2 aromatic carbocycles. The highest BCUT2D eigenvalue weighted by molar-refractivity contribution is 8.27. The van der Waals surface area contributed by atoms with Crippen molar-refractivity contribution in [1.82, 2.24) is 0 Å². The fraction of sp³-hybridized carbons (Fsp3) is 0.0526. The topological polar surface area (TPSA) is 77.5 Å². The van der Waals surface area contributed by atoms with Crippen molar-refractivity contribution in [1.29, 1.82) is 0 Å².